The van der Waals surface area contributed by atoms with Crippen LogP contribution >= 0.6 is 46.3 Å². The molecule has 46 heavy (non-hydrogen) atoms. The summed E-state index contributed by atoms with van der Waals surface area (Å²) in [7, 11) is 1.55. The second-order valence-corrected chi connectivity index (χ2v) is 12.4. The summed E-state index contributed by atoms with van der Waals surface area (Å²) in [5.74, 6) is -0.358. The van der Waals surface area contributed by atoms with Gasteiger partial charge in [-0.05, 0) is 72.3 Å². The van der Waals surface area contributed by atoms with Crippen LogP contribution in [0.2, 0.25) is 10.0 Å². The van der Waals surface area contributed by atoms with E-state index in [1.807, 2.05) is 17.5 Å². The molecule has 0 aliphatic carbocycles. The van der Waals surface area contributed by atoms with Gasteiger partial charge in [-0.25, -0.2) is 4.98 Å². The Balaban J connectivity index is 1.19. The van der Waals surface area contributed by atoms with Crippen molar-refractivity contribution in [3.05, 3.63) is 129 Å². The third kappa shape index (κ3) is 8.98. The van der Waals surface area contributed by atoms with Crippen LogP contribution in [0.4, 0.5) is 10.8 Å². The topological polar surface area (TPSA) is 109 Å². The number of rotatable bonds is 11. The fraction of sp³-hybridized carbons (Fsp3) is 0.0588. The third-order valence-corrected chi connectivity index (χ3v) is 8.89. The largest absolute Gasteiger partial charge is 0.497 e. The average molecular weight is 690 g/mol. The van der Waals surface area contributed by atoms with Crippen molar-refractivity contribution < 1.29 is 19.1 Å². The molecule has 0 bridgehead atoms. The Morgan fingerprint density at radius 1 is 0.891 bits per heavy atom. The van der Waals surface area contributed by atoms with E-state index >= 15 is 0 Å². The summed E-state index contributed by atoms with van der Waals surface area (Å²) < 4.78 is 5.29. The summed E-state index contributed by atoms with van der Waals surface area (Å²) in [6.45, 7) is 0. The van der Waals surface area contributed by atoms with Crippen LogP contribution in [-0.4, -0.2) is 35.6 Å². The minimum atomic E-state index is -0.504. The number of nitrogens with zero attached hydrogens (tertiary/aromatic N) is 1. The Morgan fingerprint density at radius 3 is 2.41 bits per heavy atom. The predicted molar refractivity (Wildman–Crippen MR) is 187 cm³/mol. The Morgan fingerprint density at radius 2 is 1.67 bits per heavy atom. The number of ether oxygens (including phenoxy) is 1. The van der Waals surface area contributed by atoms with Gasteiger partial charge in [-0.2, -0.15) is 0 Å². The zero-order valence-corrected chi connectivity index (χ0v) is 27.4. The Labute approximate surface area is 283 Å². The average Bonchev–Trinajstić information content (AvgIpc) is 3.54. The Hall–Kier alpha value is -4.61. The first-order valence-electron chi connectivity index (χ1n) is 13.7. The normalized spacial score (nSPS) is 11.1. The highest BCUT2D eigenvalue weighted by molar-refractivity contribution is 8.00. The molecule has 0 saturated carbocycles. The van der Waals surface area contributed by atoms with Gasteiger partial charge in [0.15, 0.2) is 5.13 Å². The van der Waals surface area contributed by atoms with Gasteiger partial charge in [0, 0.05) is 27.1 Å². The molecule has 0 radical (unpaired) electrons. The van der Waals surface area contributed by atoms with Crippen LogP contribution in [0.15, 0.2) is 113 Å². The highest BCUT2D eigenvalue weighted by atomic mass is 35.5. The second kappa shape index (κ2) is 15.6. The molecule has 0 aliphatic heterocycles. The van der Waals surface area contributed by atoms with Crippen molar-refractivity contribution in [3.63, 3.8) is 0 Å². The van der Waals surface area contributed by atoms with Gasteiger partial charge in [0.05, 0.1) is 28.6 Å². The lowest BCUT2D eigenvalue weighted by Crippen LogP contribution is -2.30. The number of methoxy groups -OCH3 is 1. The first kappa shape index (κ1) is 32.8. The number of aromatic nitrogens is 1. The number of carbonyl (C=O) groups is 3. The molecule has 8 nitrogen and oxygen atoms in total. The molecule has 12 heteroatoms. The van der Waals surface area contributed by atoms with Gasteiger partial charge in [0.25, 0.3) is 11.8 Å². The number of amides is 3. The van der Waals surface area contributed by atoms with Crippen LogP contribution in [0.1, 0.15) is 15.9 Å². The van der Waals surface area contributed by atoms with Crippen molar-refractivity contribution in [1.29, 1.82) is 0 Å². The molecule has 0 spiro atoms. The molecule has 5 rings (SSSR count). The maximum Gasteiger partial charge on any atom is 0.272 e. The number of anilines is 2. The number of nitrogens with one attached hydrogen (secondary N) is 3. The number of hydrogen-bond donors (Lipinski definition) is 3. The smallest absolute Gasteiger partial charge is 0.272 e. The van der Waals surface area contributed by atoms with Crippen molar-refractivity contribution in [3.8, 4) is 17.0 Å². The lowest BCUT2D eigenvalue weighted by Gasteiger charge is -2.12. The van der Waals surface area contributed by atoms with E-state index in [9.17, 15) is 14.4 Å². The fourth-order valence-electron chi connectivity index (χ4n) is 4.10. The van der Waals surface area contributed by atoms with E-state index in [1.54, 1.807) is 98.1 Å². The van der Waals surface area contributed by atoms with Crippen LogP contribution in [0.25, 0.3) is 17.3 Å². The summed E-state index contributed by atoms with van der Waals surface area (Å²) in [6, 6.07) is 28.1. The maximum atomic E-state index is 13.3. The molecule has 3 N–H and O–H groups in total. The first-order valence-corrected chi connectivity index (χ1v) is 16.4. The van der Waals surface area contributed by atoms with Crippen molar-refractivity contribution in [2.24, 2.45) is 0 Å². The quantitative estimate of drug-likeness (QED) is 0.0952. The van der Waals surface area contributed by atoms with Crippen LogP contribution in [0, 0.1) is 0 Å². The van der Waals surface area contributed by atoms with Gasteiger partial charge in [0.2, 0.25) is 5.91 Å². The second-order valence-electron chi connectivity index (χ2n) is 9.64. The molecule has 0 aliphatic rings. The highest BCUT2D eigenvalue weighted by Crippen LogP contribution is 2.31. The molecule has 5 aromatic rings. The Kier molecular flexibility index (Phi) is 11.1. The van der Waals surface area contributed by atoms with Crippen LogP contribution in [-0.2, 0) is 9.59 Å². The molecule has 0 saturated heterocycles. The standard InChI is InChI=1S/C34H26Cl2N4O4S2/c1-44-25-9-5-6-21(16-25)17-29(38-32(42)22-7-3-2-4-8-22)33(43)37-24-11-13-26(14-12-24)45-20-31(41)40-34-39-30(19-46-34)23-10-15-27(35)28(36)18-23/h2-19H,20H2,1H3,(H,37,43)(H,38,42)(H,39,40,41)/b29-17-. The van der Waals surface area contributed by atoms with Crippen molar-refractivity contribution in [1.82, 2.24) is 10.3 Å². The fourth-order valence-corrected chi connectivity index (χ4v) is 5.83. The number of hydrogen-bond acceptors (Lipinski definition) is 7. The van der Waals surface area contributed by atoms with Crippen molar-refractivity contribution in [2.45, 2.75) is 4.90 Å². The zero-order valence-electron chi connectivity index (χ0n) is 24.3. The predicted octanol–water partition coefficient (Wildman–Crippen LogP) is 8.27. The van der Waals surface area contributed by atoms with E-state index in [0.29, 0.717) is 43.4 Å². The summed E-state index contributed by atoms with van der Waals surface area (Å²) >= 11 is 14.8. The van der Waals surface area contributed by atoms with Crippen molar-refractivity contribution in [2.75, 3.05) is 23.5 Å². The number of halogens is 2. The molecular weight excluding hydrogens is 663 g/mol. The number of thiazole rings is 1. The molecule has 4 aromatic carbocycles. The molecular formula is C34H26Cl2N4O4S2. The van der Waals surface area contributed by atoms with Gasteiger partial charge >= 0.3 is 0 Å². The minimum absolute atomic E-state index is 0.0572. The molecule has 232 valence electrons. The molecule has 3 amide bonds. The molecule has 1 aromatic heterocycles. The van der Waals surface area contributed by atoms with E-state index in [1.165, 1.54) is 23.1 Å². The Bertz CT molecular complexity index is 1900. The van der Waals surface area contributed by atoms with Crippen molar-refractivity contribution >= 4 is 80.9 Å². The molecule has 0 atom stereocenters. The van der Waals surface area contributed by atoms with Gasteiger partial charge in [0.1, 0.15) is 11.4 Å². The van der Waals surface area contributed by atoms with E-state index in [-0.39, 0.29) is 17.4 Å². The molecule has 0 fully saturated rings. The summed E-state index contributed by atoms with van der Waals surface area (Å²) in [5.41, 5.74) is 3.15. The van der Waals surface area contributed by atoms with E-state index < -0.39 is 11.8 Å². The van der Waals surface area contributed by atoms with Crippen LogP contribution in [0.5, 0.6) is 5.75 Å². The lowest BCUT2D eigenvalue weighted by molar-refractivity contribution is -0.114. The maximum absolute atomic E-state index is 13.3. The van der Waals surface area contributed by atoms with Crippen LogP contribution in [0.3, 0.4) is 0 Å². The number of carbonyl (C=O) groups excluding carboxylic acids is 3. The SMILES string of the molecule is COc1cccc(/C=C(\NC(=O)c2ccccc2)C(=O)Nc2ccc(SCC(=O)Nc3nc(-c4ccc(Cl)c(Cl)c4)cs3)cc2)c1. The summed E-state index contributed by atoms with van der Waals surface area (Å²) in [6.07, 6.45) is 1.58. The number of thioether (sulfide) groups is 1. The first-order chi connectivity index (χ1) is 22.3. The highest BCUT2D eigenvalue weighted by Gasteiger charge is 2.16. The number of benzene rings is 4. The summed E-state index contributed by atoms with van der Waals surface area (Å²) in [5, 5.41) is 11.6. The third-order valence-electron chi connectivity index (χ3n) is 6.38. The van der Waals surface area contributed by atoms with Gasteiger partial charge in [-0.15, -0.1) is 23.1 Å². The molecule has 1 heterocycles. The zero-order chi connectivity index (χ0) is 32.5. The van der Waals surface area contributed by atoms with Gasteiger partial charge in [-0.1, -0.05) is 59.6 Å². The summed E-state index contributed by atoms with van der Waals surface area (Å²) in [4.78, 5) is 44.1. The van der Waals surface area contributed by atoms with E-state index in [0.717, 1.165) is 10.5 Å². The van der Waals surface area contributed by atoms with Gasteiger partial charge < -0.3 is 20.7 Å². The molecule has 0 unspecified atom stereocenters. The lowest BCUT2D eigenvalue weighted by atomic mass is 10.1. The minimum Gasteiger partial charge on any atom is -0.497 e. The van der Waals surface area contributed by atoms with E-state index in [2.05, 4.69) is 20.9 Å². The monoisotopic (exact) mass is 688 g/mol. The van der Waals surface area contributed by atoms with Crippen LogP contribution < -0.4 is 20.7 Å². The van der Waals surface area contributed by atoms with E-state index in [4.69, 9.17) is 27.9 Å². The van der Waals surface area contributed by atoms with Gasteiger partial charge in [-0.3, -0.25) is 14.4 Å².